The summed E-state index contributed by atoms with van der Waals surface area (Å²) in [4.78, 5) is 9.38. The van der Waals surface area contributed by atoms with E-state index in [1.54, 1.807) is 13.3 Å². The van der Waals surface area contributed by atoms with E-state index in [0.29, 0.717) is 37.4 Å². The number of piperidine rings is 1. The number of imidazole rings is 1. The van der Waals surface area contributed by atoms with Gasteiger partial charge in [0.05, 0.1) is 24.2 Å². The Morgan fingerprint density at radius 2 is 2.12 bits per heavy atom. The van der Waals surface area contributed by atoms with Crippen LogP contribution in [0.15, 0.2) is 54.9 Å². The van der Waals surface area contributed by atoms with Crippen molar-refractivity contribution in [2.24, 2.45) is 0 Å². The molecule has 0 spiro atoms. The lowest BCUT2D eigenvalue weighted by molar-refractivity contribution is 0.0743. The molecule has 0 unspecified atom stereocenters. The van der Waals surface area contributed by atoms with Crippen LogP contribution < -0.4 is 14.8 Å². The van der Waals surface area contributed by atoms with Gasteiger partial charge in [0.25, 0.3) is 0 Å². The summed E-state index contributed by atoms with van der Waals surface area (Å²) in [6, 6.07) is 13.5. The molecule has 0 saturated carbocycles. The summed E-state index contributed by atoms with van der Waals surface area (Å²) < 4.78 is 33.0. The van der Waals surface area contributed by atoms with Crippen LogP contribution in [0.25, 0.3) is 27.9 Å². The molecule has 0 aliphatic carbocycles. The number of benzene rings is 1. The number of hydrogen-bond donors (Lipinski definition) is 1. The molecule has 5 rings (SSSR count). The fourth-order valence-corrected chi connectivity index (χ4v) is 3.93. The number of ether oxygens (including phenoxy) is 3. The second-order valence-corrected chi connectivity index (χ2v) is 7.76. The maximum atomic E-state index is 14.3. The van der Waals surface area contributed by atoms with Crippen LogP contribution in [0.5, 0.6) is 11.5 Å². The molecule has 1 aliphatic heterocycles. The maximum Gasteiger partial charge on any atom is 0.149 e. The number of hydrogen-bond acceptors (Lipinski definition) is 6. The average Bonchev–Trinajstić information content (AvgIpc) is 3.24. The summed E-state index contributed by atoms with van der Waals surface area (Å²) in [7, 11) is 1.64. The number of nitrogens with zero attached hydrogens (tertiary/aromatic N) is 3. The van der Waals surface area contributed by atoms with Crippen LogP contribution in [-0.2, 0) is 4.74 Å². The molecular weight excluding hydrogens is 411 g/mol. The highest BCUT2D eigenvalue weighted by Crippen LogP contribution is 2.30. The van der Waals surface area contributed by atoms with Crippen LogP contribution >= 0.6 is 0 Å². The van der Waals surface area contributed by atoms with E-state index in [-0.39, 0.29) is 0 Å². The highest BCUT2D eigenvalue weighted by Gasteiger charge is 2.27. The van der Waals surface area contributed by atoms with Crippen LogP contribution in [0.4, 0.5) is 4.39 Å². The molecule has 1 saturated heterocycles. The Hall–Kier alpha value is -3.23. The molecule has 0 amide bonds. The fourth-order valence-electron chi connectivity index (χ4n) is 3.93. The zero-order valence-electron chi connectivity index (χ0n) is 17.8. The molecule has 0 radical (unpaired) electrons. The maximum absolute atomic E-state index is 14.3. The Morgan fingerprint density at radius 1 is 1.19 bits per heavy atom. The number of pyridine rings is 2. The lowest BCUT2D eigenvalue weighted by Crippen LogP contribution is -2.44. The smallest absolute Gasteiger partial charge is 0.149 e. The summed E-state index contributed by atoms with van der Waals surface area (Å²) in [5.74, 6) is 1.33. The minimum atomic E-state index is -1.04. The highest BCUT2D eigenvalue weighted by atomic mass is 19.1. The van der Waals surface area contributed by atoms with Gasteiger partial charge in [-0.25, -0.2) is 14.4 Å². The zero-order valence-corrected chi connectivity index (χ0v) is 17.8. The van der Waals surface area contributed by atoms with Crippen molar-refractivity contribution in [3.63, 3.8) is 0 Å². The van der Waals surface area contributed by atoms with E-state index >= 15 is 0 Å². The van der Waals surface area contributed by atoms with Crippen LogP contribution in [-0.4, -0.2) is 60.1 Å². The number of para-hydroxylation sites is 1. The molecule has 8 heteroatoms. The lowest BCUT2D eigenvalue weighted by Gasteiger charge is -2.27. The highest BCUT2D eigenvalue weighted by molar-refractivity contribution is 5.86. The van der Waals surface area contributed by atoms with Crippen LogP contribution in [0.3, 0.4) is 0 Å². The van der Waals surface area contributed by atoms with Crippen LogP contribution in [0, 0.1) is 0 Å². The minimum absolute atomic E-state index is 0.313. The Labute approximate surface area is 185 Å². The first kappa shape index (κ1) is 20.7. The van der Waals surface area contributed by atoms with Gasteiger partial charge in [-0.2, -0.15) is 0 Å². The molecule has 7 nitrogen and oxygen atoms in total. The topological polar surface area (TPSA) is 69.9 Å². The summed E-state index contributed by atoms with van der Waals surface area (Å²) in [6.45, 7) is 2.06. The van der Waals surface area contributed by atoms with E-state index in [1.807, 2.05) is 53.1 Å². The molecule has 4 aromatic rings. The minimum Gasteiger partial charge on any atom is -0.491 e. The summed E-state index contributed by atoms with van der Waals surface area (Å²) in [6.07, 6.45) is 2.81. The number of methoxy groups -OCH3 is 1. The third kappa shape index (κ3) is 4.11. The Balaban J connectivity index is 1.47. The van der Waals surface area contributed by atoms with Gasteiger partial charge in [-0.3, -0.25) is 4.40 Å². The van der Waals surface area contributed by atoms with Crippen molar-refractivity contribution in [3.8, 4) is 22.9 Å². The molecule has 32 heavy (non-hydrogen) atoms. The quantitative estimate of drug-likeness (QED) is 0.446. The van der Waals surface area contributed by atoms with Gasteiger partial charge in [-0.1, -0.05) is 18.2 Å². The number of nitrogens with one attached hydrogen (secondary N) is 1. The number of fused-ring (bicyclic) bond motifs is 2. The van der Waals surface area contributed by atoms with E-state index < -0.39 is 12.3 Å². The Kier molecular flexibility index (Phi) is 5.87. The molecular formula is C24H25FN4O3. The van der Waals surface area contributed by atoms with Gasteiger partial charge in [0.15, 0.2) is 0 Å². The predicted molar refractivity (Wildman–Crippen MR) is 120 cm³/mol. The second-order valence-electron chi connectivity index (χ2n) is 7.76. The standard InChI is InChI=1S/C24H25FN4O3/c1-30-11-12-31-17-8-10-29-20(15-27-23(29)13-17)19-6-5-16-3-2-4-22(24(16)28-19)32-21-7-9-26-14-18(21)25/h2-6,8,10,13,15,18,21,26H,7,9,11-12,14H2,1H3/t18-,21+/m1/s1. The number of aromatic nitrogens is 3. The lowest BCUT2D eigenvalue weighted by atomic mass is 10.1. The Bertz CT molecular complexity index is 1230. The van der Waals surface area contributed by atoms with Gasteiger partial charge in [0, 0.05) is 31.3 Å². The zero-order chi connectivity index (χ0) is 21.9. The third-order valence-corrected chi connectivity index (χ3v) is 5.61. The summed E-state index contributed by atoms with van der Waals surface area (Å²) >= 11 is 0. The summed E-state index contributed by atoms with van der Waals surface area (Å²) in [5, 5.41) is 4.00. The molecule has 4 heterocycles. The van der Waals surface area contributed by atoms with Crippen molar-refractivity contribution in [2.45, 2.75) is 18.7 Å². The van der Waals surface area contributed by atoms with Crippen molar-refractivity contribution in [2.75, 3.05) is 33.4 Å². The molecule has 2 atom stereocenters. The first-order valence-corrected chi connectivity index (χ1v) is 10.7. The van der Waals surface area contributed by atoms with Crippen molar-refractivity contribution in [1.82, 2.24) is 19.7 Å². The molecule has 166 valence electrons. The fraction of sp³-hybridized carbons (Fsp3) is 0.333. The SMILES string of the molecule is COCCOc1ccn2c(-c3ccc4cccc(O[C@H]5CCNC[C@H]5F)c4n3)cnc2c1. The van der Waals surface area contributed by atoms with Crippen LogP contribution in [0.1, 0.15) is 6.42 Å². The van der Waals surface area contributed by atoms with Crippen molar-refractivity contribution >= 4 is 16.6 Å². The monoisotopic (exact) mass is 436 g/mol. The van der Waals surface area contributed by atoms with Crippen molar-refractivity contribution in [3.05, 3.63) is 54.9 Å². The van der Waals surface area contributed by atoms with Gasteiger partial charge in [-0.05, 0) is 31.2 Å². The normalized spacial score (nSPS) is 18.8. The van der Waals surface area contributed by atoms with E-state index in [4.69, 9.17) is 19.2 Å². The number of alkyl halides is 1. The van der Waals surface area contributed by atoms with E-state index in [9.17, 15) is 4.39 Å². The van der Waals surface area contributed by atoms with Gasteiger partial charge in [0.1, 0.15) is 41.5 Å². The van der Waals surface area contributed by atoms with Crippen LogP contribution in [0.2, 0.25) is 0 Å². The first-order valence-electron chi connectivity index (χ1n) is 10.7. The molecule has 1 fully saturated rings. The summed E-state index contributed by atoms with van der Waals surface area (Å²) in [5.41, 5.74) is 3.09. The van der Waals surface area contributed by atoms with Gasteiger partial charge < -0.3 is 19.5 Å². The predicted octanol–water partition coefficient (Wildman–Crippen LogP) is 3.65. The molecule has 1 N–H and O–H groups in total. The molecule has 1 aliphatic rings. The van der Waals surface area contributed by atoms with E-state index in [0.717, 1.165) is 34.7 Å². The second kappa shape index (κ2) is 9.10. The number of halogens is 1. The van der Waals surface area contributed by atoms with Gasteiger partial charge >= 0.3 is 0 Å². The number of rotatable bonds is 7. The molecule has 0 bridgehead atoms. The van der Waals surface area contributed by atoms with E-state index in [2.05, 4.69) is 10.3 Å². The Morgan fingerprint density at radius 3 is 3.00 bits per heavy atom. The first-order chi connectivity index (χ1) is 15.7. The van der Waals surface area contributed by atoms with Crippen molar-refractivity contribution < 1.29 is 18.6 Å². The van der Waals surface area contributed by atoms with Gasteiger partial charge in [0.2, 0.25) is 0 Å². The average molecular weight is 436 g/mol. The largest absolute Gasteiger partial charge is 0.491 e. The molecule has 1 aromatic carbocycles. The van der Waals surface area contributed by atoms with Gasteiger partial charge in [-0.15, -0.1) is 0 Å². The molecule has 3 aromatic heterocycles. The van der Waals surface area contributed by atoms with Crippen molar-refractivity contribution in [1.29, 1.82) is 0 Å². The van der Waals surface area contributed by atoms with E-state index in [1.165, 1.54) is 0 Å². The third-order valence-electron chi connectivity index (χ3n) is 5.61.